The number of hydrogen-bond donors (Lipinski definition) is 3. The van der Waals surface area contributed by atoms with Crippen LogP contribution in [-0.4, -0.2) is 15.2 Å². The first-order chi connectivity index (χ1) is 13.5. The number of alkyl halides is 6. The fourth-order valence-corrected chi connectivity index (χ4v) is 3.03. The number of nitrogens with zero attached hydrogens (tertiary/aromatic N) is 1. The molecule has 4 aromatic rings. The Morgan fingerprint density at radius 2 is 1.66 bits per heavy atom. The second-order valence-corrected chi connectivity index (χ2v) is 6.25. The predicted octanol–water partition coefficient (Wildman–Crippen LogP) is 5.19. The van der Waals surface area contributed by atoms with E-state index in [0.29, 0.717) is 34.8 Å². The molecule has 0 aliphatic heterocycles. The van der Waals surface area contributed by atoms with Crippen LogP contribution in [0, 0.1) is 0 Å². The Bertz CT molecular complexity index is 1280. The summed E-state index contributed by atoms with van der Waals surface area (Å²) in [5, 5.41) is 9.46. The Hall–Kier alpha value is -3.50. The molecule has 4 rings (SSSR count). The van der Waals surface area contributed by atoms with Crippen LogP contribution in [0.5, 0.6) is 0 Å². The molecule has 0 bridgehead atoms. The summed E-state index contributed by atoms with van der Waals surface area (Å²) in [5.41, 5.74) is -3.66. The molecule has 0 aliphatic rings. The van der Waals surface area contributed by atoms with E-state index >= 15 is 0 Å². The van der Waals surface area contributed by atoms with Crippen molar-refractivity contribution < 1.29 is 26.3 Å². The summed E-state index contributed by atoms with van der Waals surface area (Å²) in [6.07, 6.45) is -8.32. The van der Waals surface area contributed by atoms with Gasteiger partial charge in [-0.25, -0.2) is 0 Å². The Morgan fingerprint density at radius 1 is 0.897 bits per heavy atom. The van der Waals surface area contributed by atoms with Crippen molar-refractivity contribution in [1.82, 2.24) is 15.2 Å². The zero-order valence-electron chi connectivity index (χ0n) is 14.2. The van der Waals surface area contributed by atoms with Gasteiger partial charge in [-0.05, 0) is 24.3 Å². The molecule has 5 nitrogen and oxygen atoms in total. The smallest absolute Gasteiger partial charge is 0.354 e. The third-order valence-corrected chi connectivity index (χ3v) is 4.32. The van der Waals surface area contributed by atoms with E-state index in [1.54, 1.807) is 18.2 Å². The maximum atomic E-state index is 13.3. The lowest BCUT2D eigenvalue weighted by atomic mass is 10.1. The molecule has 2 heterocycles. The minimum absolute atomic E-state index is 0.279. The summed E-state index contributed by atoms with van der Waals surface area (Å²) in [5.74, 6) is 0. The maximum absolute atomic E-state index is 13.3. The molecule has 0 aliphatic carbocycles. The lowest BCUT2D eigenvalue weighted by molar-refractivity contribution is -0.141. The molecule has 11 heteroatoms. The first-order valence-corrected chi connectivity index (χ1v) is 8.08. The van der Waals surface area contributed by atoms with Crippen molar-refractivity contribution in [2.24, 2.45) is 0 Å². The van der Waals surface area contributed by atoms with Gasteiger partial charge in [-0.15, -0.1) is 0 Å². The molecular formula is C18H10F6N4O. The van der Waals surface area contributed by atoms with Crippen LogP contribution in [0.4, 0.5) is 37.7 Å². The van der Waals surface area contributed by atoms with Gasteiger partial charge < -0.3 is 10.3 Å². The molecule has 0 amide bonds. The van der Waals surface area contributed by atoms with Gasteiger partial charge in [0.25, 0.3) is 0 Å². The lowest BCUT2D eigenvalue weighted by Gasteiger charge is -2.16. The van der Waals surface area contributed by atoms with Gasteiger partial charge in [0.2, 0.25) is 0 Å². The van der Waals surface area contributed by atoms with Crippen LogP contribution in [-0.2, 0) is 12.4 Å². The third-order valence-electron chi connectivity index (χ3n) is 4.32. The number of halogens is 6. The van der Waals surface area contributed by atoms with Crippen molar-refractivity contribution in [1.29, 1.82) is 0 Å². The average Bonchev–Trinajstić information content (AvgIpc) is 3.09. The van der Waals surface area contributed by atoms with E-state index in [9.17, 15) is 31.1 Å². The Kier molecular flexibility index (Phi) is 4.07. The SMILES string of the molecule is O=c1cc(C(F)(F)F)[nH]c2cc(C(F)(F)F)cc(Nc3cccc4[nH]ncc34)c12. The number of H-pyrrole nitrogens is 2. The minimum atomic E-state index is -4.92. The summed E-state index contributed by atoms with van der Waals surface area (Å²) >= 11 is 0. The van der Waals surface area contributed by atoms with Crippen LogP contribution < -0.4 is 10.7 Å². The van der Waals surface area contributed by atoms with Crippen molar-refractivity contribution in [2.75, 3.05) is 5.32 Å². The normalized spacial score (nSPS) is 12.6. The van der Waals surface area contributed by atoms with E-state index in [1.807, 2.05) is 4.98 Å². The van der Waals surface area contributed by atoms with Crippen molar-refractivity contribution in [2.45, 2.75) is 12.4 Å². The van der Waals surface area contributed by atoms with Gasteiger partial charge in [-0.1, -0.05) is 6.07 Å². The molecule has 2 aromatic carbocycles. The topological polar surface area (TPSA) is 73.6 Å². The van der Waals surface area contributed by atoms with E-state index in [2.05, 4.69) is 15.5 Å². The third kappa shape index (κ3) is 3.39. The summed E-state index contributed by atoms with van der Waals surface area (Å²) in [7, 11) is 0. The minimum Gasteiger partial charge on any atom is -0.354 e. The Morgan fingerprint density at radius 3 is 2.34 bits per heavy atom. The van der Waals surface area contributed by atoms with Crippen LogP contribution in [0.25, 0.3) is 21.8 Å². The number of aromatic nitrogens is 3. The maximum Gasteiger partial charge on any atom is 0.431 e. The van der Waals surface area contributed by atoms with Crippen molar-refractivity contribution >= 4 is 33.2 Å². The highest BCUT2D eigenvalue weighted by Crippen LogP contribution is 2.37. The molecule has 0 spiro atoms. The average molecular weight is 412 g/mol. The molecule has 3 N–H and O–H groups in total. The van der Waals surface area contributed by atoms with Crippen LogP contribution >= 0.6 is 0 Å². The van der Waals surface area contributed by atoms with Gasteiger partial charge in [0, 0.05) is 17.1 Å². The standard InChI is InChI=1S/C18H10F6N4O/c19-17(20,21)8-4-12(26-10-2-1-3-11-9(10)7-25-28-11)16-13(5-8)27-15(6-14(16)29)18(22,23)24/h1-7,26H,(H,25,28)(H,27,29). The van der Waals surface area contributed by atoms with Gasteiger partial charge >= 0.3 is 12.4 Å². The van der Waals surface area contributed by atoms with Crippen LogP contribution in [0.2, 0.25) is 0 Å². The molecule has 29 heavy (non-hydrogen) atoms. The van der Waals surface area contributed by atoms with Gasteiger partial charge in [-0.2, -0.15) is 31.4 Å². The number of pyridine rings is 1. The quantitative estimate of drug-likeness (QED) is 0.397. The van der Waals surface area contributed by atoms with E-state index in [1.165, 1.54) is 6.20 Å². The van der Waals surface area contributed by atoms with E-state index in [4.69, 9.17) is 0 Å². The molecule has 0 atom stereocenters. The number of rotatable bonds is 2. The Labute approximate surface area is 157 Å². The van der Waals surface area contributed by atoms with Gasteiger partial charge in [0.15, 0.2) is 5.43 Å². The number of hydrogen-bond acceptors (Lipinski definition) is 3. The molecule has 0 saturated heterocycles. The number of anilines is 2. The van der Waals surface area contributed by atoms with E-state index in [-0.39, 0.29) is 11.1 Å². The van der Waals surface area contributed by atoms with Crippen molar-refractivity contribution in [3.63, 3.8) is 0 Å². The molecule has 0 radical (unpaired) electrons. The largest absolute Gasteiger partial charge is 0.431 e. The number of aromatic amines is 2. The second kappa shape index (κ2) is 6.26. The number of nitrogens with one attached hydrogen (secondary N) is 3. The molecule has 2 aromatic heterocycles. The van der Waals surface area contributed by atoms with Crippen molar-refractivity contribution in [3.8, 4) is 0 Å². The van der Waals surface area contributed by atoms with E-state index < -0.39 is 34.6 Å². The second-order valence-electron chi connectivity index (χ2n) is 6.25. The lowest BCUT2D eigenvalue weighted by Crippen LogP contribution is -2.16. The first-order valence-electron chi connectivity index (χ1n) is 8.08. The van der Waals surface area contributed by atoms with Gasteiger partial charge in [0.1, 0.15) is 5.69 Å². The molecule has 0 fully saturated rings. The summed E-state index contributed by atoms with van der Waals surface area (Å²) < 4.78 is 78.9. The zero-order chi connectivity index (χ0) is 21.0. The fraction of sp³-hybridized carbons (Fsp3) is 0.111. The van der Waals surface area contributed by atoms with E-state index in [0.717, 1.165) is 0 Å². The molecule has 150 valence electrons. The highest BCUT2D eigenvalue weighted by atomic mass is 19.4. The molecule has 0 unspecified atom stereocenters. The summed E-state index contributed by atoms with van der Waals surface area (Å²) in [6.45, 7) is 0. The number of fused-ring (bicyclic) bond motifs is 2. The summed E-state index contributed by atoms with van der Waals surface area (Å²) in [4.78, 5) is 14.3. The monoisotopic (exact) mass is 412 g/mol. The van der Waals surface area contributed by atoms with Gasteiger partial charge in [0.05, 0.1) is 33.9 Å². The van der Waals surface area contributed by atoms with Crippen molar-refractivity contribution in [3.05, 3.63) is 64.1 Å². The molecule has 0 saturated carbocycles. The van der Waals surface area contributed by atoms with Crippen LogP contribution in [0.3, 0.4) is 0 Å². The predicted molar refractivity (Wildman–Crippen MR) is 93.9 cm³/mol. The number of benzene rings is 2. The fourth-order valence-electron chi connectivity index (χ4n) is 3.03. The molecular weight excluding hydrogens is 402 g/mol. The summed E-state index contributed by atoms with van der Waals surface area (Å²) in [6, 6.07) is 6.31. The van der Waals surface area contributed by atoms with Crippen LogP contribution in [0.15, 0.2) is 47.4 Å². The Balaban J connectivity index is 1.99. The zero-order valence-corrected chi connectivity index (χ0v) is 14.2. The highest BCUT2D eigenvalue weighted by Gasteiger charge is 2.35. The first kappa shape index (κ1) is 18.8. The van der Waals surface area contributed by atoms with Gasteiger partial charge in [-0.3, -0.25) is 9.89 Å². The highest BCUT2D eigenvalue weighted by molar-refractivity contribution is 5.99. The van der Waals surface area contributed by atoms with Crippen LogP contribution in [0.1, 0.15) is 11.3 Å².